The van der Waals surface area contributed by atoms with Crippen molar-refractivity contribution in [3.8, 4) is 22.3 Å². The molecule has 0 aliphatic rings. The fraction of sp³-hybridized carbons (Fsp3) is 0.219. The molecule has 2 nitrogen and oxygen atoms in total. The van der Waals surface area contributed by atoms with Gasteiger partial charge in [-0.05, 0) is 175 Å². The zero-order valence-electron chi connectivity index (χ0n) is 40.1. The second kappa shape index (κ2) is 19.3. The van der Waals surface area contributed by atoms with Crippen molar-refractivity contribution in [3.63, 3.8) is 0 Å². The summed E-state index contributed by atoms with van der Waals surface area (Å²) >= 11 is 0. The summed E-state index contributed by atoms with van der Waals surface area (Å²) in [4.78, 5) is 4.94. The Morgan fingerprint density at radius 3 is 1.02 bits per heavy atom. The van der Waals surface area contributed by atoms with Crippen LogP contribution in [0.5, 0.6) is 0 Å². The van der Waals surface area contributed by atoms with Crippen LogP contribution in [0.2, 0.25) is 0 Å². The lowest BCUT2D eigenvalue weighted by Gasteiger charge is -2.29. The van der Waals surface area contributed by atoms with Gasteiger partial charge in [-0.3, -0.25) is 0 Å². The minimum absolute atomic E-state index is 0.407. The van der Waals surface area contributed by atoms with Gasteiger partial charge >= 0.3 is 0 Å². The summed E-state index contributed by atoms with van der Waals surface area (Å²) < 4.78 is 0. The number of nitrogens with zero attached hydrogens (tertiary/aromatic N) is 2. The molecular formula is C64H64N2. The zero-order valence-corrected chi connectivity index (χ0v) is 40.1. The first-order valence-electron chi connectivity index (χ1n) is 24.1. The minimum atomic E-state index is 0.407. The second-order valence-corrected chi connectivity index (χ2v) is 19.6. The topological polar surface area (TPSA) is 6.48 Å². The van der Waals surface area contributed by atoms with E-state index in [1.807, 2.05) is 0 Å². The predicted molar refractivity (Wildman–Crippen MR) is 287 cm³/mol. The first-order chi connectivity index (χ1) is 32.0. The molecule has 9 rings (SSSR count). The molecule has 0 N–H and O–H groups in total. The lowest BCUT2D eigenvalue weighted by Crippen LogP contribution is -2.12. The molecule has 66 heavy (non-hydrogen) atoms. The number of fused-ring (bicyclic) bond motifs is 2. The average Bonchev–Trinajstić information content (AvgIpc) is 3.31. The summed E-state index contributed by atoms with van der Waals surface area (Å²) in [5, 5.41) is 4.91. The van der Waals surface area contributed by atoms with Crippen LogP contribution in [0.4, 0.5) is 34.1 Å². The summed E-state index contributed by atoms with van der Waals surface area (Å²) in [6, 6.07) is 73.0. The van der Waals surface area contributed by atoms with E-state index in [0.29, 0.717) is 23.7 Å². The van der Waals surface area contributed by atoms with Crippen LogP contribution in [0.25, 0.3) is 43.8 Å². The SMILES string of the molecule is CC(C)Cc1cccc(N(c2cccc(C(C)C)c2)c2ccc3c(-c4ccccc4)c4cc(N(c5cccc(CC(C)C)c5)c5cccc(C(C)C)c5)ccc4c(-c4ccccc4)c3c2)c1. The van der Waals surface area contributed by atoms with Crippen molar-refractivity contribution in [1.82, 2.24) is 0 Å². The summed E-state index contributed by atoms with van der Waals surface area (Å²) in [5.41, 5.74) is 17.2. The number of benzene rings is 9. The van der Waals surface area contributed by atoms with Gasteiger partial charge in [0.2, 0.25) is 0 Å². The molecule has 0 atom stereocenters. The number of rotatable bonds is 14. The van der Waals surface area contributed by atoms with Gasteiger partial charge in [-0.2, -0.15) is 0 Å². The van der Waals surface area contributed by atoms with Crippen LogP contribution < -0.4 is 9.80 Å². The summed E-state index contributed by atoms with van der Waals surface area (Å²) in [6.45, 7) is 18.3. The van der Waals surface area contributed by atoms with Crippen molar-refractivity contribution in [2.75, 3.05) is 9.80 Å². The van der Waals surface area contributed by atoms with E-state index in [1.165, 1.54) is 77.4 Å². The van der Waals surface area contributed by atoms with Crippen LogP contribution in [-0.4, -0.2) is 0 Å². The smallest absolute Gasteiger partial charge is 0.0468 e. The molecule has 0 fully saturated rings. The average molecular weight is 861 g/mol. The molecular weight excluding hydrogens is 797 g/mol. The fourth-order valence-electron chi connectivity index (χ4n) is 9.84. The standard InChI is InChI=1S/C64H64N2/c1-43(2)35-47-19-15-27-53(37-47)65(55-29-17-25-51(39-55)45(5)6)57-31-33-59-61(41-57)63(49-21-11-9-12-22-49)60-34-32-58(42-62(60)64(59)50-23-13-10-14-24-50)66(56-30-18-26-52(40-56)46(7)8)54-28-16-20-48(38-54)36-44(3)4/h9-34,37-46H,35-36H2,1-8H3. The Balaban J connectivity index is 1.35. The molecule has 9 aromatic rings. The van der Waals surface area contributed by atoms with Crippen LogP contribution in [-0.2, 0) is 12.8 Å². The molecule has 0 amide bonds. The second-order valence-electron chi connectivity index (χ2n) is 19.6. The van der Waals surface area contributed by atoms with E-state index in [1.54, 1.807) is 0 Å². The van der Waals surface area contributed by atoms with Crippen LogP contribution in [0.1, 0.15) is 89.5 Å². The Morgan fingerprint density at radius 2 is 0.652 bits per heavy atom. The van der Waals surface area contributed by atoms with E-state index >= 15 is 0 Å². The maximum absolute atomic E-state index is 2.47. The monoisotopic (exact) mass is 861 g/mol. The Morgan fingerprint density at radius 1 is 0.303 bits per heavy atom. The molecule has 0 radical (unpaired) electrons. The molecule has 0 unspecified atom stereocenters. The molecule has 330 valence electrons. The fourth-order valence-corrected chi connectivity index (χ4v) is 9.84. The van der Waals surface area contributed by atoms with E-state index in [2.05, 4.69) is 259 Å². The maximum atomic E-state index is 2.47. The molecule has 0 saturated carbocycles. The number of hydrogen-bond acceptors (Lipinski definition) is 2. The van der Waals surface area contributed by atoms with Gasteiger partial charge < -0.3 is 9.80 Å². The van der Waals surface area contributed by atoms with E-state index in [4.69, 9.17) is 0 Å². The summed E-state index contributed by atoms with van der Waals surface area (Å²) in [5.74, 6) is 1.93. The molecule has 9 aromatic carbocycles. The minimum Gasteiger partial charge on any atom is -0.310 e. The van der Waals surface area contributed by atoms with Crippen molar-refractivity contribution >= 4 is 55.7 Å². The van der Waals surface area contributed by atoms with Crippen molar-refractivity contribution < 1.29 is 0 Å². The Labute approximate surface area is 394 Å². The van der Waals surface area contributed by atoms with Gasteiger partial charge in [-0.25, -0.2) is 0 Å². The molecule has 0 saturated heterocycles. The molecule has 0 bridgehead atoms. The highest BCUT2D eigenvalue weighted by molar-refractivity contribution is 6.22. The number of hydrogen-bond donors (Lipinski definition) is 0. The maximum Gasteiger partial charge on any atom is 0.0468 e. The van der Waals surface area contributed by atoms with Crippen LogP contribution in [0.3, 0.4) is 0 Å². The third-order valence-corrected chi connectivity index (χ3v) is 12.9. The Bertz CT molecular complexity index is 2890. The first kappa shape index (κ1) is 44.3. The van der Waals surface area contributed by atoms with Crippen molar-refractivity contribution in [3.05, 3.63) is 216 Å². The third-order valence-electron chi connectivity index (χ3n) is 12.9. The van der Waals surface area contributed by atoms with Crippen LogP contribution in [0, 0.1) is 11.8 Å². The highest BCUT2D eigenvalue weighted by Gasteiger charge is 2.23. The van der Waals surface area contributed by atoms with E-state index in [-0.39, 0.29) is 0 Å². The van der Waals surface area contributed by atoms with Crippen molar-refractivity contribution in [2.45, 2.75) is 80.1 Å². The summed E-state index contributed by atoms with van der Waals surface area (Å²) in [7, 11) is 0. The summed E-state index contributed by atoms with van der Waals surface area (Å²) in [6.07, 6.45) is 2.06. The van der Waals surface area contributed by atoms with Crippen LogP contribution in [0.15, 0.2) is 194 Å². The third kappa shape index (κ3) is 9.29. The molecule has 2 heteroatoms. The highest BCUT2D eigenvalue weighted by atomic mass is 15.1. The van der Waals surface area contributed by atoms with Gasteiger partial charge in [0, 0.05) is 34.1 Å². The van der Waals surface area contributed by atoms with Gasteiger partial charge in [0.05, 0.1) is 0 Å². The highest BCUT2D eigenvalue weighted by Crippen LogP contribution is 2.48. The van der Waals surface area contributed by atoms with Crippen LogP contribution >= 0.6 is 0 Å². The van der Waals surface area contributed by atoms with Gasteiger partial charge in [-0.1, -0.05) is 177 Å². The van der Waals surface area contributed by atoms with Crippen molar-refractivity contribution in [2.24, 2.45) is 11.8 Å². The lowest BCUT2D eigenvalue weighted by atomic mass is 9.85. The predicted octanol–water partition coefficient (Wildman–Crippen LogP) is 18.9. The van der Waals surface area contributed by atoms with E-state index in [9.17, 15) is 0 Å². The largest absolute Gasteiger partial charge is 0.310 e. The van der Waals surface area contributed by atoms with Gasteiger partial charge in [0.25, 0.3) is 0 Å². The normalized spacial score (nSPS) is 11.7. The van der Waals surface area contributed by atoms with Crippen molar-refractivity contribution in [1.29, 1.82) is 0 Å². The van der Waals surface area contributed by atoms with Gasteiger partial charge in [0.15, 0.2) is 0 Å². The van der Waals surface area contributed by atoms with Gasteiger partial charge in [0.1, 0.15) is 0 Å². The zero-order chi connectivity index (χ0) is 45.9. The van der Waals surface area contributed by atoms with Gasteiger partial charge in [-0.15, -0.1) is 0 Å². The Hall–Kier alpha value is -6.90. The van der Waals surface area contributed by atoms with E-state index < -0.39 is 0 Å². The molecule has 0 aliphatic carbocycles. The molecule has 0 aromatic heterocycles. The molecule has 0 spiro atoms. The van der Waals surface area contributed by atoms with E-state index in [0.717, 1.165) is 35.6 Å². The molecule has 0 aliphatic heterocycles. The lowest BCUT2D eigenvalue weighted by molar-refractivity contribution is 0.647. The molecule has 0 heterocycles. The Kier molecular flexibility index (Phi) is 12.9. The first-order valence-corrected chi connectivity index (χ1v) is 24.1. The quantitative estimate of drug-likeness (QED) is 0.101. The number of anilines is 6.